The van der Waals surface area contributed by atoms with Crippen LogP contribution in [0.5, 0.6) is 0 Å². The molecule has 170 valence electrons. The second-order valence-corrected chi connectivity index (χ2v) is 10.9. The van der Waals surface area contributed by atoms with Gasteiger partial charge in [0.05, 0.1) is 25.3 Å². The van der Waals surface area contributed by atoms with Gasteiger partial charge in [0.1, 0.15) is 6.54 Å². The number of likely N-dealkylation sites (N-methyl/N-ethyl adjacent to an activating group) is 2. The molecule has 4 rings (SSSR count). The van der Waals surface area contributed by atoms with Gasteiger partial charge in [-0.2, -0.15) is 5.10 Å². The van der Waals surface area contributed by atoms with E-state index in [0.717, 1.165) is 75.5 Å². The molecule has 0 radical (unpaired) electrons. The molecule has 1 aromatic rings. The molecular formula is C23H38F2N4O. The van der Waals surface area contributed by atoms with Gasteiger partial charge in [-0.15, -0.1) is 0 Å². The zero-order chi connectivity index (χ0) is 21.6. The average molecular weight is 425 g/mol. The third kappa shape index (κ3) is 4.58. The van der Waals surface area contributed by atoms with Crippen molar-refractivity contribution in [2.45, 2.75) is 77.3 Å². The Labute approximate surface area is 179 Å². The van der Waals surface area contributed by atoms with E-state index in [1.165, 1.54) is 6.42 Å². The van der Waals surface area contributed by atoms with Crippen molar-refractivity contribution >= 4 is 0 Å². The van der Waals surface area contributed by atoms with Crippen LogP contribution in [0.15, 0.2) is 0 Å². The van der Waals surface area contributed by atoms with Crippen LogP contribution in [-0.4, -0.2) is 61.0 Å². The predicted octanol–water partition coefficient (Wildman–Crippen LogP) is 3.82. The standard InChI is InChI=1S/C23H38F2N4O/c1-21(2)13-22(16-30-15-21)7-5-17(6-8-22)20-18(12-28(4)10-9-26-3)27-29-14-23(24,25)11-19(20)29/h17,26H,5-16H2,1-4H3. The van der Waals surface area contributed by atoms with Crippen LogP contribution in [0.25, 0.3) is 0 Å². The number of aromatic nitrogens is 2. The molecule has 2 aliphatic heterocycles. The minimum Gasteiger partial charge on any atom is -0.380 e. The summed E-state index contributed by atoms with van der Waals surface area (Å²) in [5, 5.41) is 7.86. The number of nitrogens with zero attached hydrogens (tertiary/aromatic N) is 3. The van der Waals surface area contributed by atoms with Crippen molar-refractivity contribution in [1.29, 1.82) is 0 Å². The quantitative estimate of drug-likeness (QED) is 0.754. The molecular weight excluding hydrogens is 386 g/mol. The Morgan fingerprint density at radius 1 is 1.23 bits per heavy atom. The number of fused-ring (bicyclic) bond motifs is 1. The summed E-state index contributed by atoms with van der Waals surface area (Å²) >= 11 is 0. The first-order valence-electron chi connectivity index (χ1n) is 11.5. The molecule has 3 heterocycles. The molecule has 1 N–H and O–H groups in total. The highest BCUT2D eigenvalue weighted by atomic mass is 19.3. The Balaban J connectivity index is 1.53. The molecule has 0 aromatic carbocycles. The second-order valence-electron chi connectivity index (χ2n) is 10.9. The van der Waals surface area contributed by atoms with Gasteiger partial charge in [0.15, 0.2) is 0 Å². The second kappa shape index (κ2) is 8.14. The Kier molecular flexibility index (Phi) is 6.01. The smallest absolute Gasteiger partial charge is 0.272 e. The number of hydrogen-bond acceptors (Lipinski definition) is 4. The molecule has 2 fully saturated rings. The van der Waals surface area contributed by atoms with Gasteiger partial charge in [0.25, 0.3) is 5.92 Å². The number of rotatable bonds is 6. The number of halogens is 2. The summed E-state index contributed by atoms with van der Waals surface area (Å²) in [6.45, 7) is 8.56. The lowest BCUT2D eigenvalue weighted by molar-refractivity contribution is -0.0928. The van der Waals surface area contributed by atoms with Gasteiger partial charge in [-0.1, -0.05) is 13.8 Å². The van der Waals surface area contributed by atoms with Crippen LogP contribution >= 0.6 is 0 Å². The first-order chi connectivity index (χ1) is 14.1. The van der Waals surface area contributed by atoms with Crippen molar-refractivity contribution in [3.05, 3.63) is 17.0 Å². The number of hydrogen-bond donors (Lipinski definition) is 1. The van der Waals surface area contributed by atoms with Gasteiger partial charge in [-0.25, -0.2) is 8.78 Å². The van der Waals surface area contributed by atoms with Crippen molar-refractivity contribution in [3.63, 3.8) is 0 Å². The SMILES string of the molecule is CNCCN(C)Cc1nn2c(c1C1CCC3(CC1)COCC(C)(C)C3)CC(F)(F)C2. The largest absolute Gasteiger partial charge is 0.380 e. The zero-order valence-electron chi connectivity index (χ0n) is 19.1. The molecule has 0 atom stereocenters. The molecule has 30 heavy (non-hydrogen) atoms. The Bertz CT molecular complexity index is 753. The fourth-order valence-electron chi connectivity index (χ4n) is 6.13. The van der Waals surface area contributed by atoms with E-state index in [9.17, 15) is 8.78 Å². The molecule has 0 bridgehead atoms. The maximum absolute atomic E-state index is 14.2. The van der Waals surface area contributed by atoms with Crippen molar-refractivity contribution in [2.24, 2.45) is 10.8 Å². The lowest BCUT2D eigenvalue weighted by Gasteiger charge is -2.48. The van der Waals surface area contributed by atoms with E-state index in [1.807, 2.05) is 7.05 Å². The van der Waals surface area contributed by atoms with E-state index in [0.29, 0.717) is 5.92 Å². The summed E-state index contributed by atoms with van der Waals surface area (Å²) in [4.78, 5) is 2.23. The van der Waals surface area contributed by atoms with Crippen LogP contribution in [-0.2, 0) is 24.2 Å². The van der Waals surface area contributed by atoms with E-state index >= 15 is 0 Å². The highest BCUT2D eigenvalue weighted by molar-refractivity contribution is 5.34. The van der Waals surface area contributed by atoms with E-state index < -0.39 is 5.92 Å². The van der Waals surface area contributed by atoms with Crippen LogP contribution in [0.4, 0.5) is 8.78 Å². The lowest BCUT2D eigenvalue weighted by Crippen LogP contribution is -2.43. The predicted molar refractivity (Wildman–Crippen MR) is 114 cm³/mol. The fraction of sp³-hybridized carbons (Fsp3) is 0.870. The third-order valence-electron chi connectivity index (χ3n) is 7.35. The highest BCUT2D eigenvalue weighted by Crippen LogP contribution is 2.52. The van der Waals surface area contributed by atoms with Gasteiger partial charge < -0.3 is 10.1 Å². The number of nitrogens with one attached hydrogen (secondary N) is 1. The minimum absolute atomic E-state index is 0.159. The maximum atomic E-state index is 14.2. The van der Waals surface area contributed by atoms with Crippen molar-refractivity contribution in [3.8, 4) is 0 Å². The Morgan fingerprint density at radius 3 is 2.63 bits per heavy atom. The molecule has 1 spiro atoms. The highest BCUT2D eigenvalue weighted by Gasteiger charge is 2.46. The van der Waals surface area contributed by atoms with Crippen LogP contribution in [0.1, 0.15) is 68.8 Å². The van der Waals surface area contributed by atoms with Crippen LogP contribution < -0.4 is 5.32 Å². The summed E-state index contributed by atoms with van der Waals surface area (Å²) in [6, 6.07) is 0. The maximum Gasteiger partial charge on any atom is 0.272 e. The van der Waals surface area contributed by atoms with Crippen LogP contribution in [0.3, 0.4) is 0 Å². The lowest BCUT2D eigenvalue weighted by atomic mass is 9.62. The van der Waals surface area contributed by atoms with E-state index in [4.69, 9.17) is 4.74 Å². The van der Waals surface area contributed by atoms with Crippen molar-refractivity contribution in [2.75, 3.05) is 40.4 Å². The van der Waals surface area contributed by atoms with E-state index in [1.54, 1.807) is 4.68 Å². The molecule has 3 aliphatic rings. The first-order valence-corrected chi connectivity index (χ1v) is 11.5. The van der Waals surface area contributed by atoms with Crippen LogP contribution in [0, 0.1) is 10.8 Å². The summed E-state index contributed by atoms with van der Waals surface area (Å²) in [6.07, 6.45) is 5.39. The first kappa shape index (κ1) is 22.2. The van der Waals surface area contributed by atoms with Gasteiger partial charge in [-0.05, 0) is 62.9 Å². The molecule has 0 amide bonds. The fourth-order valence-corrected chi connectivity index (χ4v) is 6.13. The molecule has 5 nitrogen and oxygen atoms in total. The van der Waals surface area contributed by atoms with Gasteiger partial charge in [-0.3, -0.25) is 9.58 Å². The Hall–Kier alpha value is -1.05. The zero-order valence-corrected chi connectivity index (χ0v) is 19.1. The molecule has 0 unspecified atom stereocenters. The average Bonchev–Trinajstić information content (AvgIpc) is 3.11. The number of alkyl halides is 2. The normalized spacial score (nSPS) is 30.2. The third-order valence-corrected chi connectivity index (χ3v) is 7.35. The topological polar surface area (TPSA) is 42.3 Å². The van der Waals surface area contributed by atoms with Crippen molar-refractivity contribution in [1.82, 2.24) is 20.0 Å². The molecule has 1 aliphatic carbocycles. The Morgan fingerprint density at radius 2 is 1.97 bits per heavy atom. The summed E-state index contributed by atoms with van der Waals surface area (Å²) in [5.41, 5.74) is 3.43. The summed E-state index contributed by atoms with van der Waals surface area (Å²) in [7, 11) is 4.03. The summed E-state index contributed by atoms with van der Waals surface area (Å²) in [5.74, 6) is -2.32. The molecule has 1 saturated heterocycles. The molecule has 1 aromatic heterocycles. The minimum atomic E-state index is -2.66. The molecule has 7 heteroatoms. The van der Waals surface area contributed by atoms with Crippen molar-refractivity contribution < 1.29 is 13.5 Å². The van der Waals surface area contributed by atoms with Gasteiger partial charge >= 0.3 is 0 Å². The number of ether oxygens (including phenoxy) is 1. The monoisotopic (exact) mass is 424 g/mol. The van der Waals surface area contributed by atoms with Crippen LogP contribution in [0.2, 0.25) is 0 Å². The summed E-state index contributed by atoms with van der Waals surface area (Å²) < 4.78 is 35.9. The van der Waals surface area contributed by atoms with E-state index in [2.05, 4.69) is 36.2 Å². The van der Waals surface area contributed by atoms with Gasteiger partial charge in [0.2, 0.25) is 0 Å². The van der Waals surface area contributed by atoms with E-state index in [-0.39, 0.29) is 23.8 Å². The van der Waals surface area contributed by atoms with Gasteiger partial charge in [0, 0.05) is 30.9 Å². The molecule has 1 saturated carbocycles.